The van der Waals surface area contributed by atoms with Gasteiger partial charge in [0.15, 0.2) is 5.78 Å². The molecule has 0 spiro atoms. The zero-order chi connectivity index (χ0) is 12.3. The van der Waals surface area contributed by atoms with Crippen LogP contribution < -0.4 is 5.73 Å². The smallest absolute Gasteiger partial charge is 0.164 e. The van der Waals surface area contributed by atoms with E-state index >= 15 is 0 Å². The Kier molecular flexibility index (Phi) is 3.63. The number of hydrogen-bond acceptors (Lipinski definition) is 2. The summed E-state index contributed by atoms with van der Waals surface area (Å²) in [6.07, 6.45) is 5.82. The van der Waals surface area contributed by atoms with Gasteiger partial charge in [-0.25, -0.2) is 0 Å². The maximum absolute atomic E-state index is 12.1. The second-order valence-corrected chi connectivity index (χ2v) is 5.22. The lowest BCUT2D eigenvalue weighted by Crippen LogP contribution is -2.38. The van der Waals surface area contributed by atoms with Crippen molar-refractivity contribution in [2.75, 3.05) is 0 Å². The molecule has 17 heavy (non-hydrogen) atoms. The number of ketones is 1. The molecule has 1 fully saturated rings. The van der Waals surface area contributed by atoms with Crippen LogP contribution in [0.2, 0.25) is 0 Å². The Morgan fingerprint density at radius 1 is 1.24 bits per heavy atom. The standard InChI is InChI=1S/C15H21NO/c1-2-12-5-7-13(8-6-12)14(17)11-15(16)9-3-4-10-15/h5-8H,2-4,9-11,16H2,1H3. The lowest BCUT2D eigenvalue weighted by molar-refractivity contribution is 0.0952. The molecule has 1 aliphatic rings. The Labute approximate surface area is 103 Å². The monoisotopic (exact) mass is 231 g/mol. The number of rotatable bonds is 4. The molecule has 0 atom stereocenters. The Balaban J connectivity index is 2.03. The zero-order valence-corrected chi connectivity index (χ0v) is 10.5. The molecule has 2 N–H and O–H groups in total. The zero-order valence-electron chi connectivity index (χ0n) is 10.5. The fourth-order valence-electron chi connectivity index (χ4n) is 2.60. The van der Waals surface area contributed by atoms with Crippen LogP contribution in [0.5, 0.6) is 0 Å². The first-order valence-electron chi connectivity index (χ1n) is 6.54. The number of Topliss-reactive ketones (excluding diaryl/α,β-unsaturated/α-hetero) is 1. The Hall–Kier alpha value is -1.15. The molecule has 0 heterocycles. The van der Waals surface area contributed by atoms with Crippen LogP contribution in [0.25, 0.3) is 0 Å². The lowest BCUT2D eigenvalue weighted by Gasteiger charge is -2.22. The lowest BCUT2D eigenvalue weighted by atomic mass is 9.90. The van der Waals surface area contributed by atoms with Crippen molar-refractivity contribution in [3.8, 4) is 0 Å². The van der Waals surface area contributed by atoms with Gasteiger partial charge in [-0.05, 0) is 24.8 Å². The summed E-state index contributed by atoms with van der Waals surface area (Å²) in [5.74, 6) is 0.192. The number of aryl methyl sites for hydroxylation is 1. The largest absolute Gasteiger partial charge is 0.325 e. The minimum Gasteiger partial charge on any atom is -0.325 e. The number of benzene rings is 1. The third kappa shape index (κ3) is 2.95. The maximum Gasteiger partial charge on any atom is 0.164 e. The third-order valence-corrected chi connectivity index (χ3v) is 3.80. The molecule has 1 aromatic rings. The number of nitrogens with two attached hydrogens (primary N) is 1. The average molecular weight is 231 g/mol. The molecule has 1 aromatic carbocycles. The fraction of sp³-hybridized carbons (Fsp3) is 0.533. The van der Waals surface area contributed by atoms with E-state index in [1.165, 1.54) is 18.4 Å². The first-order valence-corrected chi connectivity index (χ1v) is 6.54. The van der Waals surface area contributed by atoms with Gasteiger partial charge in [0.25, 0.3) is 0 Å². The normalized spacial score (nSPS) is 18.2. The molecular formula is C15H21NO. The molecule has 2 rings (SSSR count). The summed E-state index contributed by atoms with van der Waals surface area (Å²) >= 11 is 0. The molecule has 0 amide bonds. The first kappa shape index (κ1) is 12.3. The molecule has 0 aliphatic heterocycles. The van der Waals surface area contributed by atoms with Crippen molar-refractivity contribution in [1.82, 2.24) is 0 Å². The molecule has 92 valence electrons. The van der Waals surface area contributed by atoms with Crippen LogP contribution in [-0.4, -0.2) is 11.3 Å². The number of carbonyl (C=O) groups excluding carboxylic acids is 1. The number of hydrogen-bond donors (Lipinski definition) is 1. The number of carbonyl (C=O) groups is 1. The predicted molar refractivity (Wildman–Crippen MR) is 70.2 cm³/mol. The molecule has 1 saturated carbocycles. The van der Waals surface area contributed by atoms with Gasteiger partial charge in [0, 0.05) is 17.5 Å². The second kappa shape index (κ2) is 5.01. The molecule has 0 bridgehead atoms. The summed E-state index contributed by atoms with van der Waals surface area (Å²) in [7, 11) is 0. The summed E-state index contributed by atoms with van der Waals surface area (Å²) < 4.78 is 0. The molecule has 0 aromatic heterocycles. The van der Waals surface area contributed by atoms with Crippen molar-refractivity contribution in [3.05, 3.63) is 35.4 Å². The van der Waals surface area contributed by atoms with Crippen molar-refractivity contribution in [1.29, 1.82) is 0 Å². The van der Waals surface area contributed by atoms with Crippen LogP contribution in [0.3, 0.4) is 0 Å². The van der Waals surface area contributed by atoms with E-state index in [4.69, 9.17) is 5.73 Å². The van der Waals surface area contributed by atoms with Gasteiger partial charge in [0.05, 0.1) is 0 Å². The van der Waals surface area contributed by atoms with Crippen molar-refractivity contribution >= 4 is 5.78 Å². The van der Waals surface area contributed by atoms with E-state index in [0.29, 0.717) is 6.42 Å². The van der Waals surface area contributed by atoms with Crippen LogP contribution in [0.15, 0.2) is 24.3 Å². The van der Waals surface area contributed by atoms with E-state index in [-0.39, 0.29) is 11.3 Å². The Bertz CT molecular complexity index is 388. The van der Waals surface area contributed by atoms with Crippen LogP contribution in [0, 0.1) is 0 Å². The van der Waals surface area contributed by atoms with Crippen LogP contribution in [-0.2, 0) is 6.42 Å². The van der Waals surface area contributed by atoms with Crippen molar-refractivity contribution in [2.45, 2.75) is 51.0 Å². The highest BCUT2D eigenvalue weighted by molar-refractivity contribution is 5.96. The molecule has 2 heteroatoms. The highest BCUT2D eigenvalue weighted by Gasteiger charge is 2.31. The van der Waals surface area contributed by atoms with Crippen molar-refractivity contribution < 1.29 is 4.79 Å². The van der Waals surface area contributed by atoms with Crippen molar-refractivity contribution in [2.24, 2.45) is 5.73 Å². The van der Waals surface area contributed by atoms with Gasteiger partial charge in [-0.3, -0.25) is 4.79 Å². The summed E-state index contributed by atoms with van der Waals surface area (Å²) in [5, 5.41) is 0. The highest BCUT2D eigenvalue weighted by Crippen LogP contribution is 2.31. The average Bonchev–Trinajstić information content (AvgIpc) is 2.76. The topological polar surface area (TPSA) is 43.1 Å². The molecular weight excluding hydrogens is 210 g/mol. The van der Waals surface area contributed by atoms with Gasteiger partial charge in [-0.15, -0.1) is 0 Å². The minimum absolute atomic E-state index is 0.192. The highest BCUT2D eigenvalue weighted by atomic mass is 16.1. The molecule has 2 nitrogen and oxygen atoms in total. The van der Waals surface area contributed by atoms with E-state index in [9.17, 15) is 4.79 Å². The molecule has 0 unspecified atom stereocenters. The second-order valence-electron chi connectivity index (χ2n) is 5.22. The summed E-state index contributed by atoms with van der Waals surface area (Å²) in [6, 6.07) is 7.93. The maximum atomic E-state index is 12.1. The summed E-state index contributed by atoms with van der Waals surface area (Å²) in [4.78, 5) is 12.1. The molecule has 0 radical (unpaired) electrons. The van der Waals surface area contributed by atoms with Gasteiger partial charge in [-0.1, -0.05) is 44.0 Å². The van der Waals surface area contributed by atoms with Gasteiger partial charge < -0.3 is 5.73 Å². The van der Waals surface area contributed by atoms with Gasteiger partial charge in [0.2, 0.25) is 0 Å². The summed E-state index contributed by atoms with van der Waals surface area (Å²) in [6.45, 7) is 2.12. The van der Waals surface area contributed by atoms with Gasteiger partial charge in [-0.2, -0.15) is 0 Å². The van der Waals surface area contributed by atoms with Crippen LogP contribution >= 0.6 is 0 Å². The van der Waals surface area contributed by atoms with Gasteiger partial charge in [0.1, 0.15) is 0 Å². The van der Waals surface area contributed by atoms with E-state index in [1.54, 1.807) is 0 Å². The quantitative estimate of drug-likeness (QED) is 0.809. The van der Waals surface area contributed by atoms with E-state index in [2.05, 4.69) is 6.92 Å². The Morgan fingerprint density at radius 3 is 2.35 bits per heavy atom. The van der Waals surface area contributed by atoms with E-state index in [1.807, 2.05) is 24.3 Å². The molecule has 1 aliphatic carbocycles. The SMILES string of the molecule is CCc1ccc(C(=O)CC2(N)CCCC2)cc1. The Morgan fingerprint density at radius 2 is 1.82 bits per heavy atom. The third-order valence-electron chi connectivity index (χ3n) is 3.80. The van der Waals surface area contributed by atoms with Crippen LogP contribution in [0.1, 0.15) is 54.9 Å². The van der Waals surface area contributed by atoms with Crippen molar-refractivity contribution in [3.63, 3.8) is 0 Å². The predicted octanol–water partition coefficient (Wildman–Crippen LogP) is 3.09. The minimum atomic E-state index is -0.236. The molecule has 0 saturated heterocycles. The summed E-state index contributed by atoms with van der Waals surface area (Å²) in [5.41, 5.74) is 8.07. The van der Waals surface area contributed by atoms with Crippen LogP contribution in [0.4, 0.5) is 0 Å². The van der Waals surface area contributed by atoms with E-state index < -0.39 is 0 Å². The first-order chi connectivity index (χ1) is 8.13. The fourth-order valence-corrected chi connectivity index (χ4v) is 2.60. The van der Waals surface area contributed by atoms with Gasteiger partial charge >= 0.3 is 0 Å². The van der Waals surface area contributed by atoms with E-state index in [0.717, 1.165) is 24.8 Å².